The summed E-state index contributed by atoms with van der Waals surface area (Å²) in [6.07, 6.45) is 0. The van der Waals surface area contributed by atoms with E-state index >= 15 is 0 Å². The van der Waals surface area contributed by atoms with E-state index in [4.69, 9.17) is 11.6 Å². The zero-order chi connectivity index (χ0) is 15.6. The number of rotatable bonds is 3. The first-order chi connectivity index (χ1) is 10.0. The van der Waals surface area contributed by atoms with Gasteiger partial charge in [0.1, 0.15) is 0 Å². The highest BCUT2D eigenvalue weighted by atomic mass is 35.5. The first-order valence-electron chi connectivity index (χ1n) is 5.89. The molecule has 0 bridgehead atoms. The van der Waals surface area contributed by atoms with E-state index in [9.17, 15) is 9.59 Å². The quantitative estimate of drug-likeness (QED) is 0.804. The van der Waals surface area contributed by atoms with Crippen LogP contribution in [0.25, 0.3) is 5.69 Å². The van der Waals surface area contributed by atoms with Gasteiger partial charge in [0.2, 0.25) is 5.69 Å². The van der Waals surface area contributed by atoms with E-state index in [1.165, 1.54) is 18.9 Å². The first-order valence-corrected chi connectivity index (χ1v) is 6.26. The van der Waals surface area contributed by atoms with E-state index in [-0.39, 0.29) is 11.4 Å². The third-order valence-electron chi connectivity index (χ3n) is 2.90. The summed E-state index contributed by atoms with van der Waals surface area (Å²) < 4.78 is 10.5. The minimum Gasteiger partial charge on any atom is -0.464 e. The summed E-state index contributed by atoms with van der Waals surface area (Å²) in [5.41, 5.74) is 0.870. The third-order valence-corrected chi connectivity index (χ3v) is 3.30. The highest BCUT2D eigenvalue weighted by molar-refractivity contribution is 6.31. The number of esters is 2. The van der Waals surface area contributed by atoms with Crippen molar-refractivity contribution < 1.29 is 19.1 Å². The normalized spacial score (nSPS) is 10.3. The van der Waals surface area contributed by atoms with Gasteiger partial charge in [0.15, 0.2) is 5.69 Å². The van der Waals surface area contributed by atoms with Crippen LogP contribution in [0.4, 0.5) is 0 Å². The number of hydrogen-bond acceptors (Lipinski definition) is 6. The zero-order valence-electron chi connectivity index (χ0n) is 11.6. The molecule has 0 N–H and O–H groups in total. The van der Waals surface area contributed by atoms with Crippen molar-refractivity contribution in [3.8, 4) is 5.69 Å². The smallest absolute Gasteiger partial charge is 0.361 e. The highest BCUT2D eigenvalue weighted by Gasteiger charge is 2.28. The molecule has 0 aliphatic carbocycles. The number of halogens is 1. The molecule has 1 heterocycles. The van der Waals surface area contributed by atoms with Gasteiger partial charge in [0.25, 0.3) is 0 Å². The van der Waals surface area contributed by atoms with Gasteiger partial charge < -0.3 is 9.47 Å². The van der Waals surface area contributed by atoms with Crippen molar-refractivity contribution >= 4 is 23.5 Å². The minimum absolute atomic E-state index is 0.116. The van der Waals surface area contributed by atoms with Crippen molar-refractivity contribution in [2.45, 2.75) is 6.92 Å². The fraction of sp³-hybridized carbons (Fsp3) is 0.231. The molecule has 0 aliphatic heterocycles. The summed E-state index contributed by atoms with van der Waals surface area (Å²) in [7, 11) is 2.39. The lowest BCUT2D eigenvalue weighted by Gasteiger charge is -2.09. The fourth-order valence-corrected chi connectivity index (χ4v) is 1.96. The second-order valence-electron chi connectivity index (χ2n) is 4.07. The van der Waals surface area contributed by atoms with Crippen molar-refractivity contribution in [3.05, 3.63) is 40.2 Å². The molecule has 0 atom stereocenters. The number of carbonyl (C=O) groups is 2. The summed E-state index contributed by atoms with van der Waals surface area (Å²) in [5, 5.41) is 8.03. The number of methoxy groups -OCH3 is 2. The minimum atomic E-state index is -0.777. The van der Waals surface area contributed by atoms with Crippen molar-refractivity contribution in [1.29, 1.82) is 0 Å². The lowest BCUT2D eigenvalue weighted by Crippen LogP contribution is -2.16. The van der Waals surface area contributed by atoms with Gasteiger partial charge in [-0.1, -0.05) is 22.9 Å². The van der Waals surface area contributed by atoms with Crippen LogP contribution in [0, 0.1) is 6.92 Å². The lowest BCUT2D eigenvalue weighted by molar-refractivity contribution is 0.0546. The second-order valence-corrected chi connectivity index (χ2v) is 4.47. The molecule has 0 saturated carbocycles. The summed E-state index contributed by atoms with van der Waals surface area (Å²) in [5.74, 6) is -1.53. The molecule has 0 amide bonds. The predicted molar refractivity (Wildman–Crippen MR) is 73.8 cm³/mol. The molecular weight excluding hydrogens is 298 g/mol. The van der Waals surface area contributed by atoms with E-state index in [0.717, 1.165) is 0 Å². The molecule has 8 heteroatoms. The van der Waals surface area contributed by atoms with Gasteiger partial charge >= 0.3 is 11.9 Å². The van der Waals surface area contributed by atoms with Crippen molar-refractivity contribution in [3.63, 3.8) is 0 Å². The van der Waals surface area contributed by atoms with Crippen molar-refractivity contribution in [2.75, 3.05) is 14.2 Å². The number of aromatic nitrogens is 3. The molecule has 2 rings (SSSR count). The Balaban J connectivity index is 2.70. The van der Waals surface area contributed by atoms with Gasteiger partial charge in [0, 0.05) is 5.02 Å². The van der Waals surface area contributed by atoms with Gasteiger partial charge in [0.05, 0.1) is 19.9 Å². The van der Waals surface area contributed by atoms with Gasteiger partial charge in [-0.15, -0.1) is 5.10 Å². The fourth-order valence-electron chi connectivity index (χ4n) is 1.79. The molecule has 0 radical (unpaired) electrons. The van der Waals surface area contributed by atoms with Crippen LogP contribution in [0.1, 0.15) is 26.5 Å². The highest BCUT2D eigenvalue weighted by Crippen LogP contribution is 2.23. The van der Waals surface area contributed by atoms with Crippen LogP contribution in [-0.4, -0.2) is 41.2 Å². The van der Waals surface area contributed by atoms with Crippen molar-refractivity contribution in [2.24, 2.45) is 0 Å². The van der Waals surface area contributed by atoms with Crippen LogP contribution in [0.5, 0.6) is 0 Å². The van der Waals surface area contributed by atoms with E-state index in [1.54, 1.807) is 25.1 Å². The summed E-state index contributed by atoms with van der Waals surface area (Å²) in [4.78, 5) is 23.6. The van der Waals surface area contributed by atoms with Gasteiger partial charge in [-0.3, -0.25) is 0 Å². The molecular formula is C13H12ClN3O4. The van der Waals surface area contributed by atoms with Crippen molar-refractivity contribution in [1.82, 2.24) is 15.0 Å². The number of benzene rings is 1. The molecule has 0 saturated heterocycles. The molecule has 0 aliphatic rings. The monoisotopic (exact) mass is 309 g/mol. The van der Waals surface area contributed by atoms with Gasteiger partial charge in [-0.25, -0.2) is 14.3 Å². The molecule has 110 valence electrons. The van der Waals surface area contributed by atoms with Crippen LogP contribution in [-0.2, 0) is 9.47 Å². The average Bonchev–Trinajstić information content (AvgIpc) is 2.93. The van der Waals surface area contributed by atoms with E-state index in [0.29, 0.717) is 16.3 Å². The summed E-state index contributed by atoms with van der Waals surface area (Å²) in [6, 6.07) is 5.10. The van der Waals surface area contributed by atoms with Crippen LogP contribution in [0.2, 0.25) is 5.02 Å². The molecule has 2 aromatic rings. The average molecular weight is 310 g/mol. The topological polar surface area (TPSA) is 83.3 Å². The molecule has 0 spiro atoms. The molecule has 21 heavy (non-hydrogen) atoms. The van der Waals surface area contributed by atoms with Crippen LogP contribution in [0.15, 0.2) is 18.2 Å². The standard InChI is InChI=1S/C13H12ClN3O4/c1-7-8(14)5-4-6-9(7)17-11(13(19)21-3)10(15-16-17)12(18)20-2/h4-6H,1-3H3. The SMILES string of the molecule is COC(=O)c1nnn(-c2cccc(Cl)c2C)c1C(=O)OC. The number of carbonyl (C=O) groups excluding carboxylic acids is 2. The Morgan fingerprint density at radius 2 is 1.86 bits per heavy atom. The van der Waals surface area contributed by atoms with Crippen LogP contribution >= 0.6 is 11.6 Å². The maximum absolute atomic E-state index is 11.9. The Hall–Kier alpha value is -2.41. The van der Waals surface area contributed by atoms with E-state index < -0.39 is 11.9 Å². The maximum atomic E-state index is 11.9. The molecule has 1 aromatic carbocycles. The Bertz CT molecular complexity index is 711. The Morgan fingerprint density at radius 1 is 1.19 bits per heavy atom. The molecule has 1 aromatic heterocycles. The summed E-state index contributed by atoms with van der Waals surface area (Å²) >= 11 is 6.06. The zero-order valence-corrected chi connectivity index (χ0v) is 12.3. The largest absolute Gasteiger partial charge is 0.464 e. The third kappa shape index (κ3) is 2.59. The second kappa shape index (κ2) is 5.92. The Labute approximate surface area is 125 Å². The molecule has 7 nitrogen and oxygen atoms in total. The summed E-state index contributed by atoms with van der Waals surface area (Å²) in [6.45, 7) is 1.76. The Kier molecular flexibility index (Phi) is 4.23. The van der Waals surface area contributed by atoms with Gasteiger partial charge in [-0.2, -0.15) is 0 Å². The van der Waals surface area contributed by atoms with Gasteiger partial charge in [-0.05, 0) is 24.6 Å². The Morgan fingerprint density at radius 3 is 2.48 bits per heavy atom. The van der Waals surface area contributed by atoms with Crippen LogP contribution < -0.4 is 0 Å². The van der Waals surface area contributed by atoms with E-state index in [1.807, 2.05) is 0 Å². The molecule has 0 unspecified atom stereocenters. The maximum Gasteiger partial charge on any atom is 0.361 e. The number of hydrogen-bond donors (Lipinski definition) is 0. The lowest BCUT2D eigenvalue weighted by atomic mass is 10.2. The predicted octanol–water partition coefficient (Wildman–Crippen LogP) is 1.80. The van der Waals surface area contributed by atoms with Crippen LogP contribution in [0.3, 0.4) is 0 Å². The molecule has 0 fully saturated rings. The number of ether oxygens (including phenoxy) is 2. The van der Waals surface area contributed by atoms with E-state index in [2.05, 4.69) is 19.8 Å². The first kappa shape index (κ1) is 15.0. The number of nitrogens with zero attached hydrogens (tertiary/aromatic N) is 3.